The van der Waals surface area contributed by atoms with Crippen LogP contribution >= 0.6 is 0 Å². The van der Waals surface area contributed by atoms with E-state index in [1.54, 1.807) is 6.07 Å². The number of para-hydroxylation sites is 1. The summed E-state index contributed by atoms with van der Waals surface area (Å²) in [5.41, 5.74) is 5.11. The van der Waals surface area contributed by atoms with Crippen LogP contribution in [0.4, 0.5) is 0 Å². The van der Waals surface area contributed by atoms with Crippen LogP contribution in [0.5, 0.6) is 0 Å². The Kier molecular flexibility index (Phi) is 5.53. The molecule has 1 amide bonds. The lowest BCUT2D eigenvalue weighted by molar-refractivity contribution is 0.0908. The third kappa shape index (κ3) is 4.30. The summed E-state index contributed by atoms with van der Waals surface area (Å²) in [6.45, 7) is 2.07. The number of furan rings is 1. The van der Waals surface area contributed by atoms with Gasteiger partial charge in [0.1, 0.15) is 11.4 Å². The van der Waals surface area contributed by atoms with Crippen molar-refractivity contribution in [2.45, 2.75) is 19.4 Å². The fourth-order valence-electron chi connectivity index (χ4n) is 4.12. The number of aryl methyl sites for hydroxylation is 1. The first-order valence-electron chi connectivity index (χ1n) is 11.0. The van der Waals surface area contributed by atoms with Gasteiger partial charge < -0.3 is 14.3 Å². The normalized spacial score (nSPS) is 12.1. The van der Waals surface area contributed by atoms with E-state index in [0.29, 0.717) is 17.8 Å². The third-order valence-electron chi connectivity index (χ3n) is 5.92. The summed E-state index contributed by atoms with van der Waals surface area (Å²) in [7, 11) is 1.99. The Hall–Kier alpha value is -4.12. The molecule has 164 valence electrons. The summed E-state index contributed by atoms with van der Waals surface area (Å²) in [5, 5.41) is 4.06. The maximum absolute atomic E-state index is 13.2. The van der Waals surface area contributed by atoms with Gasteiger partial charge in [-0.15, -0.1) is 0 Å². The summed E-state index contributed by atoms with van der Waals surface area (Å²) in [6.07, 6.45) is 2.48. The van der Waals surface area contributed by atoms with Gasteiger partial charge in [-0.3, -0.25) is 4.79 Å². The van der Waals surface area contributed by atoms with Crippen LogP contribution < -0.4 is 5.32 Å². The molecule has 0 aliphatic rings. The molecule has 0 aliphatic carbocycles. The van der Waals surface area contributed by atoms with Gasteiger partial charge in [-0.05, 0) is 36.6 Å². The summed E-state index contributed by atoms with van der Waals surface area (Å²) in [5.74, 6) is 0.827. The lowest BCUT2D eigenvalue weighted by atomic mass is 10.0. The number of nitrogens with one attached hydrogen (secondary N) is 1. The van der Waals surface area contributed by atoms with E-state index in [2.05, 4.69) is 53.2 Å². The average Bonchev–Trinajstić information content (AvgIpc) is 3.44. The second-order valence-corrected chi connectivity index (χ2v) is 8.29. The first kappa shape index (κ1) is 20.8. The van der Waals surface area contributed by atoms with E-state index in [1.165, 1.54) is 5.56 Å². The number of nitrogens with zero attached hydrogens (tertiary/aromatic N) is 2. The molecule has 2 heterocycles. The van der Waals surface area contributed by atoms with Gasteiger partial charge >= 0.3 is 0 Å². The monoisotopic (exact) mass is 435 g/mol. The number of carbonyl (C=O) groups is 1. The standard InChI is InChI=1S/C28H25N3O2/c1-19-12-14-21(15-13-19)24-18-29-27(31(24)2)23(16-20-8-4-3-5-9-20)30-28(32)26-17-22-10-6-7-11-25(22)33-26/h3-15,17-18,23H,16H2,1-2H3,(H,30,32)/t23-/m0/s1. The SMILES string of the molecule is Cc1ccc(-c2cnc([C@H](Cc3ccccc3)NC(=O)c3cc4ccccc4o3)n2C)cc1. The van der Waals surface area contributed by atoms with Crippen LogP contribution in [-0.2, 0) is 13.5 Å². The Morgan fingerprint density at radius 2 is 1.73 bits per heavy atom. The zero-order valence-electron chi connectivity index (χ0n) is 18.7. The molecule has 0 fully saturated rings. The number of benzene rings is 3. The van der Waals surface area contributed by atoms with Crippen LogP contribution in [-0.4, -0.2) is 15.5 Å². The highest BCUT2D eigenvalue weighted by molar-refractivity contribution is 5.96. The van der Waals surface area contributed by atoms with Crippen molar-refractivity contribution in [1.29, 1.82) is 0 Å². The van der Waals surface area contributed by atoms with Crippen LogP contribution in [0.15, 0.2) is 95.5 Å². The Morgan fingerprint density at radius 3 is 2.48 bits per heavy atom. The Labute approximate surface area is 192 Å². The fraction of sp³-hybridized carbons (Fsp3) is 0.143. The molecule has 0 radical (unpaired) electrons. The van der Waals surface area contributed by atoms with Crippen molar-refractivity contribution >= 4 is 16.9 Å². The number of hydrogen-bond acceptors (Lipinski definition) is 3. The molecule has 5 heteroatoms. The van der Waals surface area contributed by atoms with Crippen molar-refractivity contribution in [1.82, 2.24) is 14.9 Å². The van der Waals surface area contributed by atoms with E-state index >= 15 is 0 Å². The molecule has 5 rings (SSSR count). The van der Waals surface area contributed by atoms with Crippen molar-refractivity contribution in [3.63, 3.8) is 0 Å². The summed E-state index contributed by atoms with van der Waals surface area (Å²) >= 11 is 0. The number of amides is 1. The second kappa shape index (κ2) is 8.79. The van der Waals surface area contributed by atoms with Crippen LogP contribution in [0, 0.1) is 6.92 Å². The molecular formula is C28H25N3O2. The highest BCUT2D eigenvalue weighted by Gasteiger charge is 2.23. The Bertz CT molecular complexity index is 1370. The molecule has 33 heavy (non-hydrogen) atoms. The van der Waals surface area contributed by atoms with E-state index < -0.39 is 0 Å². The number of carbonyl (C=O) groups excluding carboxylic acids is 1. The molecule has 0 saturated carbocycles. The molecule has 0 bridgehead atoms. The quantitative estimate of drug-likeness (QED) is 0.364. The average molecular weight is 436 g/mol. The van der Waals surface area contributed by atoms with Crippen LogP contribution in [0.25, 0.3) is 22.2 Å². The van der Waals surface area contributed by atoms with Gasteiger partial charge in [0.15, 0.2) is 5.76 Å². The lowest BCUT2D eigenvalue weighted by Gasteiger charge is -2.19. The smallest absolute Gasteiger partial charge is 0.287 e. The van der Waals surface area contributed by atoms with E-state index in [0.717, 1.165) is 28.0 Å². The third-order valence-corrected chi connectivity index (χ3v) is 5.92. The summed E-state index contributed by atoms with van der Waals surface area (Å²) in [4.78, 5) is 17.9. The maximum atomic E-state index is 13.2. The first-order chi connectivity index (χ1) is 16.1. The van der Waals surface area contributed by atoms with Gasteiger partial charge in [0.2, 0.25) is 0 Å². The number of aromatic nitrogens is 2. The predicted octanol–water partition coefficient (Wildman–Crippen LogP) is 5.86. The summed E-state index contributed by atoms with van der Waals surface area (Å²) < 4.78 is 7.85. The topological polar surface area (TPSA) is 60.1 Å². The molecule has 3 aromatic carbocycles. The summed E-state index contributed by atoms with van der Waals surface area (Å²) in [6, 6.07) is 27.6. The van der Waals surface area contributed by atoms with Gasteiger partial charge in [0, 0.05) is 12.4 Å². The molecule has 1 atom stereocenters. The zero-order valence-corrected chi connectivity index (χ0v) is 18.7. The van der Waals surface area contributed by atoms with Gasteiger partial charge in [0.05, 0.1) is 17.9 Å². The van der Waals surface area contributed by atoms with Crippen LogP contribution in [0.3, 0.4) is 0 Å². The highest BCUT2D eigenvalue weighted by atomic mass is 16.3. The number of rotatable bonds is 6. The Morgan fingerprint density at radius 1 is 1.00 bits per heavy atom. The number of fused-ring (bicyclic) bond motifs is 1. The van der Waals surface area contributed by atoms with Crippen molar-refractivity contribution in [3.05, 3.63) is 114 Å². The van der Waals surface area contributed by atoms with E-state index in [-0.39, 0.29) is 11.9 Å². The fourth-order valence-corrected chi connectivity index (χ4v) is 4.12. The molecule has 0 aliphatic heterocycles. The number of hydrogen-bond donors (Lipinski definition) is 1. The van der Waals surface area contributed by atoms with Crippen molar-refractivity contribution < 1.29 is 9.21 Å². The van der Waals surface area contributed by atoms with Crippen LogP contribution in [0.2, 0.25) is 0 Å². The lowest BCUT2D eigenvalue weighted by Crippen LogP contribution is -2.31. The largest absolute Gasteiger partial charge is 0.451 e. The van der Waals surface area contributed by atoms with Crippen molar-refractivity contribution in [2.75, 3.05) is 0 Å². The van der Waals surface area contributed by atoms with Crippen LogP contribution in [0.1, 0.15) is 33.5 Å². The molecule has 0 saturated heterocycles. The maximum Gasteiger partial charge on any atom is 0.287 e. The number of imidazole rings is 1. The second-order valence-electron chi connectivity index (χ2n) is 8.29. The molecule has 5 aromatic rings. The minimum Gasteiger partial charge on any atom is -0.451 e. The molecule has 5 nitrogen and oxygen atoms in total. The zero-order chi connectivity index (χ0) is 22.8. The van der Waals surface area contributed by atoms with E-state index in [4.69, 9.17) is 9.40 Å². The minimum atomic E-state index is -0.322. The Balaban J connectivity index is 1.48. The van der Waals surface area contributed by atoms with E-state index in [9.17, 15) is 4.79 Å². The van der Waals surface area contributed by atoms with Gasteiger partial charge in [-0.25, -0.2) is 4.98 Å². The minimum absolute atomic E-state index is 0.257. The highest BCUT2D eigenvalue weighted by Crippen LogP contribution is 2.26. The molecule has 1 N–H and O–H groups in total. The van der Waals surface area contributed by atoms with Crippen molar-refractivity contribution in [2.24, 2.45) is 7.05 Å². The molecule has 0 spiro atoms. The first-order valence-corrected chi connectivity index (χ1v) is 11.0. The van der Waals surface area contributed by atoms with Gasteiger partial charge in [-0.2, -0.15) is 0 Å². The molecular weight excluding hydrogens is 410 g/mol. The van der Waals surface area contributed by atoms with Gasteiger partial charge in [-0.1, -0.05) is 78.4 Å². The molecule has 2 aromatic heterocycles. The van der Waals surface area contributed by atoms with Crippen molar-refractivity contribution in [3.8, 4) is 11.3 Å². The van der Waals surface area contributed by atoms with Gasteiger partial charge in [0.25, 0.3) is 5.91 Å². The predicted molar refractivity (Wildman–Crippen MR) is 130 cm³/mol. The molecule has 0 unspecified atom stereocenters. The van der Waals surface area contributed by atoms with E-state index in [1.807, 2.05) is 55.7 Å².